The normalized spacial score (nSPS) is 13.6. The Labute approximate surface area is 330 Å². The molecule has 0 aliphatic carbocycles. The molecule has 1 aliphatic rings. The summed E-state index contributed by atoms with van der Waals surface area (Å²) in [4.78, 5) is 2.45. The quantitative estimate of drug-likeness (QED) is 0.164. The Morgan fingerprint density at radius 2 is 0.804 bits per heavy atom. The first-order valence-electron chi connectivity index (χ1n) is 19.8. The van der Waals surface area contributed by atoms with Crippen LogP contribution in [-0.2, 0) is 10.8 Å². The molecule has 9 aromatic rings. The summed E-state index contributed by atoms with van der Waals surface area (Å²) in [6.07, 6.45) is 0. The molecule has 0 bridgehead atoms. The average Bonchev–Trinajstić information content (AvgIpc) is 3.23. The van der Waals surface area contributed by atoms with Crippen molar-refractivity contribution < 1.29 is 0 Å². The average molecular weight is 720 g/mol. The molecule has 0 unspecified atom stereocenters. The Bertz CT molecular complexity index is 2940. The molecule has 0 saturated heterocycles. The predicted octanol–water partition coefficient (Wildman–Crippen LogP) is 15.6. The van der Waals surface area contributed by atoms with Gasteiger partial charge in [0.1, 0.15) is 0 Å². The molecule has 0 spiro atoms. The van der Waals surface area contributed by atoms with Gasteiger partial charge in [-0.1, -0.05) is 168 Å². The van der Waals surface area contributed by atoms with Crippen LogP contribution < -0.4 is 4.90 Å². The molecular weight excluding hydrogens is 675 g/mol. The van der Waals surface area contributed by atoms with E-state index in [0.717, 1.165) is 0 Å². The lowest BCUT2D eigenvalue weighted by Gasteiger charge is -2.42. The maximum Gasteiger partial charge on any atom is 0.0503 e. The van der Waals surface area contributed by atoms with Crippen molar-refractivity contribution in [2.45, 2.75) is 45.4 Å². The highest BCUT2D eigenvalue weighted by molar-refractivity contribution is 6.25. The van der Waals surface area contributed by atoms with Gasteiger partial charge in [0.2, 0.25) is 0 Å². The van der Waals surface area contributed by atoms with Gasteiger partial charge in [0.25, 0.3) is 0 Å². The largest absolute Gasteiger partial charge is 0.310 e. The fraction of sp³-hybridized carbons (Fsp3) is 0.127. The molecule has 1 nitrogen and oxygen atoms in total. The van der Waals surface area contributed by atoms with Crippen molar-refractivity contribution in [1.82, 2.24) is 0 Å². The van der Waals surface area contributed by atoms with Gasteiger partial charge in [0, 0.05) is 11.1 Å². The predicted molar refractivity (Wildman–Crippen MR) is 241 cm³/mol. The summed E-state index contributed by atoms with van der Waals surface area (Å²) in [6.45, 7) is 11.6. The Balaban J connectivity index is 1.03. The topological polar surface area (TPSA) is 3.24 Å². The summed E-state index contributed by atoms with van der Waals surface area (Å²) in [6, 6.07) is 67.8. The number of rotatable bonds is 4. The second-order valence-corrected chi connectivity index (χ2v) is 17.0. The molecule has 0 radical (unpaired) electrons. The lowest BCUT2D eigenvalue weighted by molar-refractivity contribution is 0.590. The highest BCUT2D eigenvalue weighted by atomic mass is 15.2. The zero-order valence-electron chi connectivity index (χ0n) is 32.8. The van der Waals surface area contributed by atoms with Crippen molar-refractivity contribution in [3.8, 4) is 33.4 Å². The van der Waals surface area contributed by atoms with Gasteiger partial charge in [-0.2, -0.15) is 0 Å². The first-order chi connectivity index (χ1) is 27.1. The number of anilines is 3. The van der Waals surface area contributed by atoms with E-state index in [1.807, 2.05) is 0 Å². The summed E-state index contributed by atoms with van der Waals surface area (Å²) < 4.78 is 0. The van der Waals surface area contributed by atoms with Crippen LogP contribution in [0.2, 0.25) is 0 Å². The van der Waals surface area contributed by atoms with E-state index in [4.69, 9.17) is 0 Å². The van der Waals surface area contributed by atoms with Gasteiger partial charge in [-0.25, -0.2) is 0 Å². The van der Waals surface area contributed by atoms with Gasteiger partial charge < -0.3 is 4.90 Å². The number of para-hydroxylation sites is 1. The Hall–Kier alpha value is -6.44. The molecule has 56 heavy (non-hydrogen) atoms. The zero-order chi connectivity index (χ0) is 38.2. The summed E-state index contributed by atoms with van der Waals surface area (Å²) in [5, 5.41) is 7.80. The van der Waals surface area contributed by atoms with Crippen molar-refractivity contribution in [3.63, 3.8) is 0 Å². The minimum absolute atomic E-state index is 0.102. The molecule has 1 aliphatic heterocycles. The molecule has 0 aromatic heterocycles. The van der Waals surface area contributed by atoms with E-state index in [0.29, 0.717) is 0 Å². The molecule has 10 rings (SSSR count). The molecular formula is C55H45N. The molecule has 0 amide bonds. The molecule has 1 heteroatoms. The van der Waals surface area contributed by atoms with E-state index in [2.05, 4.69) is 222 Å². The van der Waals surface area contributed by atoms with E-state index in [1.165, 1.54) is 99.5 Å². The molecule has 1 heterocycles. The number of nitrogens with zero attached hydrogens (tertiary/aromatic N) is 1. The van der Waals surface area contributed by atoms with Crippen LogP contribution in [0.15, 0.2) is 182 Å². The van der Waals surface area contributed by atoms with E-state index in [-0.39, 0.29) is 10.8 Å². The number of benzene rings is 9. The van der Waals surface area contributed by atoms with Crippen LogP contribution in [0.4, 0.5) is 17.1 Å². The third-order valence-corrected chi connectivity index (χ3v) is 12.2. The second-order valence-electron chi connectivity index (χ2n) is 17.0. The summed E-state index contributed by atoms with van der Waals surface area (Å²) >= 11 is 0. The van der Waals surface area contributed by atoms with E-state index in [9.17, 15) is 0 Å². The van der Waals surface area contributed by atoms with Gasteiger partial charge in [-0.3, -0.25) is 0 Å². The standard InChI is InChI=1S/C55H45N/c1-54(2,3)42-26-28-43(29-27-42)56-52-23-11-10-22-50(52)55(4,5)51-35-41(25-31-53(51)56)39-17-13-15-37(33-39)36-14-12-16-38(32-36)40-24-30-48-46-20-7-6-18-44(46)45-19-8-9-21-47(45)49(48)34-40/h6-35H,1-5H3. The first-order valence-corrected chi connectivity index (χ1v) is 19.8. The van der Waals surface area contributed by atoms with Crippen LogP contribution >= 0.6 is 0 Å². The number of hydrogen-bond donors (Lipinski definition) is 0. The van der Waals surface area contributed by atoms with Crippen molar-refractivity contribution in [2.24, 2.45) is 0 Å². The van der Waals surface area contributed by atoms with E-state index in [1.54, 1.807) is 0 Å². The third kappa shape index (κ3) is 5.53. The molecule has 0 atom stereocenters. The van der Waals surface area contributed by atoms with E-state index < -0.39 is 0 Å². The summed E-state index contributed by atoms with van der Waals surface area (Å²) in [5.41, 5.74) is 14.9. The van der Waals surface area contributed by atoms with Gasteiger partial charge >= 0.3 is 0 Å². The van der Waals surface area contributed by atoms with Crippen molar-refractivity contribution in [1.29, 1.82) is 0 Å². The number of fused-ring (bicyclic) bond motifs is 8. The fourth-order valence-corrected chi connectivity index (χ4v) is 9.12. The maximum absolute atomic E-state index is 2.45. The zero-order valence-corrected chi connectivity index (χ0v) is 32.8. The lowest BCUT2D eigenvalue weighted by Crippen LogP contribution is -2.30. The van der Waals surface area contributed by atoms with Crippen molar-refractivity contribution >= 4 is 49.4 Å². The Morgan fingerprint density at radius 3 is 1.38 bits per heavy atom. The van der Waals surface area contributed by atoms with Crippen LogP contribution in [0, 0.1) is 0 Å². The molecule has 270 valence electrons. The van der Waals surface area contributed by atoms with Crippen LogP contribution in [0.25, 0.3) is 65.7 Å². The smallest absolute Gasteiger partial charge is 0.0503 e. The summed E-state index contributed by atoms with van der Waals surface area (Å²) in [5.74, 6) is 0. The van der Waals surface area contributed by atoms with Gasteiger partial charge in [-0.05, 0) is 136 Å². The fourth-order valence-electron chi connectivity index (χ4n) is 9.12. The lowest BCUT2D eigenvalue weighted by atomic mass is 9.73. The van der Waals surface area contributed by atoms with Crippen molar-refractivity contribution in [3.05, 3.63) is 199 Å². The van der Waals surface area contributed by atoms with Crippen LogP contribution in [0.1, 0.15) is 51.3 Å². The Morgan fingerprint density at radius 1 is 0.357 bits per heavy atom. The highest BCUT2D eigenvalue weighted by Gasteiger charge is 2.37. The van der Waals surface area contributed by atoms with Crippen molar-refractivity contribution in [2.75, 3.05) is 4.90 Å². The monoisotopic (exact) mass is 719 g/mol. The third-order valence-electron chi connectivity index (χ3n) is 12.2. The van der Waals surface area contributed by atoms with Crippen LogP contribution in [-0.4, -0.2) is 0 Å². The minimum Gasteiger partial charge on any atom is -0.310 e. The molecule has 0 saturated carbocycles. The van der Waals surface area contributed by atoms with E-state index >= 15 is 0 Å². The van der Waals surface area contributed by atoms with Crippen LogP contribution in [0.3, 0.4) is 0 Å². The SMILES string of the molecule is CC(C)(C)c1ccc(N2c3ccccc3C(C)(C)c3cc(-c4cccc(-c5cccc(-c6ccc7c8ccccc8c8ccccc8c7c6)c5)c4)ccc32)cc1. The van der Waals surface area contributed by atoms with Gasteiger partial charge in [0.05, 0.1) is 11.4 Å². The summed E-state index contributed by atoms with van der Waals surface area (Å²) in [7, 11) is 0. The highest BCUT2D eigenvalue weighted by Crippen LogP contribution is 2.53. The van der Waals surface area contributed by atoms with Gasteiger partial charge in [0.15, 0.2) is 0 Å². The van der Waals surface area contributed by atoms with Crippen LogP contribution in [0.5, 0.6) is 0 Å². The maximum atomic E-state index is 2.45. The molecule has 0 fully saturated rings. The van der Waals surface area contributed by atoms with Gasteiger partial charge in [-0.15, -0.1) is 0 Å². The molecule has 9 aromatic carbocycles. The minimum atomic E-state index is -0.173. The second kappa shape index (κ2) is 12.8. The molecule has 0 N–H and O–H groups in total. The first kappa shape index (κ1) is 34.1. The number of hydrogen-bond acceptors (Lipinski definition) is 1. The Kier molecular flexibility index (Phi) is 7.80.